The molecule has 0 saturated carbocycles. The van der Waals surface area contributed by atoms with Crippen molar-refractivity contribution < 1.29 is 19.5 Å². The van der Waals surface area contributed by atoms with E-state index in [2.05, 4.69) is 10.3 Å². The van der Waals surface area contributed by atoms with E-state index < -0.39 is 5.97 Å². The second kappa shape index (κ2) is 5.59. The van der Waals surface area contributed by atoms with E-state index in [9.17, 15) is 14.4 Å². The molecule has 2 rings (SSSR count). The van der Waals surface area contributed by atoms with Crippen molar-refractivity contribution in [3.05, 3.63) is 11.9 Å². The number of hydrogen-bond donors (Lipinski definition) is 1. The number of nitrogens with zero attached hydrogens (tertiary/aromatic N) is 4. The van der Waals surface area contributed by atoms with Crippen LogP contribution in [0, 0.1) is 0 Å². The Bertz CT molecular complexity index is 493. The third-order valence-electron chi connectivity index (χ3n) is 2.94. The summed E-state index contributed by atoms with van der Waals surface area (Å²) in [5.41, 5.74) is -0.159. The normalized spacial score (nSPS) is 16.5. The largest absolute Gasteiger partial charge is 0.476 e. The SMILES string of the molecule is O=C(O)c1cn(CCN2C(=O)CCCCC2=O)nn1. The van der Waals surface area contributed by atoms with Crippen molar-refractivity contribution in [2.75, 3.05) is 6.54 Å². The van der Waals surface area contributed by atoms with Crippen LogP contribution in [0.5, 0.6) is 0 Å². The molecule has 1 aliphatic rings. The predicted molar refractivity (Wildman–Crippen MR) is 62.2 cm³/mol. The summed E-state index contributed by atoms with van der Waals surface area (Å²) in [5.74, 6) is -1.52. The smallest absolute Gasteiger partial charge is 0.358 e. The molecule has 19 heavy (non-hydrogen) atoms. The number of aromatic carboxylic acids is 1. The minimum Gasteiger partial charge on any atom is -0.476 e. The fourth-order valence-electron chi connectivity index (χ4n) is 1.92. The Hall–Kier alpha value is -2.25. The second-order valence-electron chi connectivity index (χ2n) is 4.32. The number of rotatable bonds is 4. The van der Waals surface area contributed by atoms with Gasteiger partial charge in [0.05, 0.1) is 12.7 Å². The van der Waals surface area contributed by atoms with Crippen molar-refractivity contribution in [2.45, 2.75) is 32.2 Å². The van der Waals surface area contributed by atoms with E-state index >= 15 is 0 Å². The van der Waals surface area contributed by atoms with Crippen molar-refractivity contribution >= 4 is 17.8 Å². The third-order valence-corrected chi connectivity index (χ3v) is 2.94. The lowest BCUT2D eigenvalue weighted by Gasteiger charge is -2.18. The zero-order valence-electron chi connectivity index (χ0n) is 10.3. The Morgan fingerprint density at radius 1 is 1.21 bits per heavy atom. The van der Waals surface area contributed by atoms with Gasteiger partial charge in [0.1, 0.15) is 0 Å². The highest BCUT2D eigenvalue weighted by molar-refractivity contribution is 5.95. The lowest BCUT2D eigenvalue weighted by atomic mass is 10.2. The number of carbonyl (C=O) groups excluding carboxylic acids is 2. The van der Waals surface area contributed by atoms with Crippen molar-refractivity contribution in [1.29, 1.82) is 0 Å². The predicted octanol–water partition coefficient (Wildman–Crippen LogP) is -0.0945. The molecule has 1 aromatic rings. The standard InChI is InChI=1S/C11H14N4O4/c16-9-3-1-2-4-10(17)15(9)6-5-14-7-8(11(18)19)12-13-14/h7H,1-6H2,(H,18,19). The average molecular weight is 266 g/mol. The summed E-state index contributed by atoms with van der Waals surface area (Å²) < 4.78 is 1.31. The Balaban J connectivity index is 1.97. The maximum Gasteiger partial charge on any atom is 0.358 e. The number of carboxylic acids is 1. The Morgan fingerprint density at radius 2 is 1.84 bits per heavy atom. The van der Waals surface area contributed by atoms with Gasteiger partial charge in [-0.2, -0.15) is 0 Å². The summed E-state index contributed by atoms with van der Waals surface area (Å²) in [7, 11) is 0. The first-order valence-corrected chi connectivity index (χ1v) is 6.04. The van der Waals surface area contributed by atoms with Crippen LogP contribution in [0.15, 0.2) is 6.20 Å². The van der Waals surface area contributed by atoms with Gasteiger partial charge in [0.2, 0.25) is 11.8 Å². The van der Waals surface area contributed by atoms with Crippen LogP contribution >= 0.6 is 0 Å². The summed E-state index contributed by atoms with van der Waals surface area (Å²) in [6, 6.07) is 0. The van der Waals surface area contributed by atoms with Gasteiger partial charge >= 0.3 is 5.97 Å². The molecule has 1 N–H and O–H groups in total. The molecule has 102 valence electrons. The number of carbonyl (C=O) groups is 3. The molecule has 1 saturated heterocycles. The number of aromatic nitrogens is 3. The summed E-state index contributed by atoms with van der Waals surface area (Å²) in [6.45, 7) is 0.442. The lowest BCUT2D eigenvalue weighted by Crippen LogP contribution is -2.37. The van der Waals surface area contributed by atoms with Crippen LogP contribution in [0.1, 0.15) is 36.2 Å². The van der Waals surface area contributed by atoms with Crippen LogP contribution in [-0.2, 0) is 16.1 Å². The monoisotopic (exact) mass is 266 g/mol. The van der Waals surface area contributed by atoms with Gasteiger partial charge in [0.15, 0.2) is 5.69 Å². The maximum atomic E-state index is 11.7. The summed E-state index contributed by atoms with van der Waals surface area (Å²) in [6.07, 6.45) is 3.49. The number of amides is 2. The van der Waals surface area contributed by atoms with Crippen molar-refractivity contribution in [2.24, 2.45) is 0 Å². The molecule has 1 fully saturated rings. The van der Waals surface area contributed by atoms with Crippen LogP contribution in [0.25, 0.3) is 0 Å². The van der Waals surface area contributed by atoms with Gasteiger partial charge in [-0.15, -0.1) is 5.10 Å². The van der Waals surface area contributed by atoms with Gasteiger partial charge in [-0.05, 0) is 12.8 Å². The van der Waals surface area contributed by atoms with Gasteiger partial charge in [-0.25, -0.2) is 9.48 Å². The molecule has 2 heterocycles. The number of carboxylic acid groups (broad SMARTS) is 1. The molecule has 8 heteroatoms. The fraction of sp³-hybridized carbons (Fsp3) is 0.545. The van der Waals surface area contributed by atoms with Crippen LogP contribution in [0.3, 0.4) is 0 Å². The molecule has 1 aromatic heterocycles. The Morgan fingerprint density at radius 3 is 2.37 bits per heavy atom. The molecule has 0 radical (unpaired) electrons. The first-order chi connectivity index (χ1) is 9.08. The summed E-state index contributed by atoms with van der Waals surface area (Å²) in [5, 5.41) is 15.8. The van der Waals surface area contributed by atoms with Gasteiger partial charge in [0, 0.05) is 19.4 Å². The first-order valence-electron chi connectivity index (χ1n) is 6.04. The number of hydrogen-bond acceptors (Lipinski definition) is 5. The average Bonchev–Trinajstić information content (AvgIpc) is 2.77. The molecule has 0 aliphatic carbocycles. The van der Waals surface area contributed by atoms with Crippen molar-refractivity contribution in [3.8, 4) is 0 Å². The molecule has 1 aliphatic heterocycles. The Kier molecular flexibility index (Phi) is 3.88. The summed E-state index contributed by atoms with van der Waals surface area (Å²) >= 11 is 0. The summed E-state index contributed by atoms with van der Waals surface area (Å²) in [4.78, 5) is 35.3. The molecule has 0 bridgehead atoms. The van der Waals surface area contributed by atoms with Crippen molar-refractivity contribution in [1.82, 2.24) is 19.9 Å². The molecular formula is C11H14N4O4. The molecule has 2 amide bonds. The first kappa shape index (κ1) is 13.2. The van der Waals surface area contributed by atoms with E-state index in [1.165, 1.54) is 15.8 Å². The van der Waals surface area contributed by atoms with Crippen molar-refractivity contribution in [3.63, 3.8) is 0 Å². The van der Waals surface area contributed by atoms with E-state index in [-0.39, 0.29) is 30.6 Å². The molecule has 8 nitrogen and oxygen atoms in total. The van der Waals surface area contributed by atoms with E-state index in [0.29, 0.717) is 12.8 Å². The van der Waals surface area contributed by atoms with Gasteiger partial charge in [-0.1, -0.05) is 5.21 Å². The minimum atomic E-state index is -1.16. The Labute approximate surface area is 109 Å². The quantitative estimate of drug-likeness (QED) is 0.763. The van der Waals surface area contributed by atoms with Crippen LogP contribution in [-0.4, -0.2) is 49.3 Å². The maximum absolute atomic E-state index is 11.7. The van der Waals surface area contributed by atoms with Gasteiger partial charge in [-0.3, -0.25) is 14.5 Å². The third kappa shape index (κ3) is 3.15. The van der Waals surface area contributed by atoms with Crippen LogP contribution in [0.2, 0.25) is 0 Å². The zero-order valence-corrected chi connectivity index (χ0v) is 10.3. The molecule has 0 atom stereocenters. The number of imide groups is 1. The molecular weight excluding hydrogens is 252 g/mol. The van der Waals surface area contributed by atoms with Crippen LogP contribution < -0.4 is 0 Å². The van der Waals surface area contributed by atoms with E-state index in [0.717, 1.165) is 12.8 Å². The van der Waals surface area contributed by atoms with E-state index in [1.807, 2.05) is 0 Å². The minimum absolute atomic E-state index is 0.159. The number of likely N-dealkylation sites (tertiary alicyclic amines) is 1. The highest BCUT2D eigenvalue weighted by atomic mass is 16.4. The van der Waals surface area contributed by atoms with Crippen LogP contribution in [0.4, 0.5) is 0 Å². The van der Waals surface area contributed by atoms with Gasteiger partial charge < -0.3 is 5.11 Å². The molecule has 0 spiro atoms. The fourth-order valence-corrected chi connectivity index (χ4v) is 1.92. The van der Waals surface area contributed by atoms with E-state index in [1.54, 1.807) is 0 Å². The molecule has 0 aromatic carbocycles. The lowest BCUT2D eigenvalue weighted by molar-refractivity contribution is -0.143. The second-order valence-corrected chi connectivity index (χ2v) is 4.32. The highest BCUT2D eigenvalue weighted by Crippen LogP contribution is 2.12. The van der Waals surface area contributed by atoms with Gasteiger partial charge in [0.25, 0.3) is 0 Å². The highest BCUT2D eigenvalue weighted by Gasteiger charge is 2.23. The molecule has 0 unspecified atom stereocenters. The zero-order chi connectivity index (χ0) is 13.8. The van der Waals surface area contributed by atoms with E-state index in [4.69, 9.17) is 5.11 Å². The topological polar surface area (TPSA) is 105 Å².